The maximum atomic E-state index is 11.7. The van der Waals surface area contributed by atoms with Crippen LogP contribution in [0.4, 0.5) is 0 Å². The molecule has 0 amide bonds. The molecule has 7 heteroatoms. The number of hydrogen-bond acceptors (Lipinski definition) is 7. The van der Waals surface area contributed by atoms with Crippen LogP contribution in [0.25, 0.3) is 0 Å². The van der Waals surface area contributed by atoms with E-state index in [-0.39, 0.29) is 23.5 Å². The molecule has 0 N–H and O–H groups in total. The van der Waals surface area contributed by atoms with Crippen LogP contribution >= 0.6 is 0 Å². The number of nitrogens with zero attached hydrogens (tertiary/aromatic N) is 1. The van der Waals surface area contributed by atoms with E-state index in [0.29, 0.717) is 35.9 Å². The number of carbonyl (C=O) groups excluding carboxylic acids is 2. The molecule has 0 bridgehead atoms. The minimum atomic E-state index is -0.386. The van der Waals surface area contributed by atoms with Gasteiger partial charge in [0.15, 0.2) is 11.5 Å². The first kappa shape index (κ1) is 23.6. The molecule has 0 saturated heterocycles. The van der Waals surface area contributed by atoms with Gasteiger partial charge in [0, 0.05) is 24.8 Å². The molecule has 0 aromatic heterocycles. The van der Waals surface area contributed by atoms with E-state index < -0.39 is 0 Å². The van der Waals surface area contributed by atoms with Gasteiger partial charge < -0.3 is 19.0 Å². The lowest BCUT2D eigenvalue weighted by Crippen LogP contribution is -2.43. The molecule has 1 aromatic rings. The van der Waals surface area contributed by atoms with Crippen molar-refractivity contribution < 1.29 is 28.6 Å². The Balaban J connectivity index is 1.78. The van der Waals surface area contributed by atoms with Gasteiger partial charge in [0.05, 0.1) is 12.3 Å². The van der Waals surface area contributed by atoms with Gasteiger partial charge >= 0.3 is 11.9 Å². The van der Waals surface area contributed by atoms with Crippen molar-refractivity contribution in [3.63, 3.8) is 0 Å². The summed E-state index contributed by atoms with van der Waals surface area (Å²) in [7, 11) is 1.56. The van der Waals surface area contributed by atoms with E-state index in [1.165, 1.54) is 19.4 Å². The lowest BCUT2D eigenvalue weighted by molar-refractivity contribution is -0.154. The summed E-state index contributed by atoms with van der Waals surface area (Å²) in [5.41, 5.74) is 3.03. The lowest BCUT2D eigenvalue weighted by atomic mass is 9.58. The number of oxime groups is 1. The summed E-state index contributed by atoms with van der Waals surface area (Å²) in [5, 5.41) is 4.36. The Hall–Kier alpha value is -2.57. The molecule has 0 aliphatic heterocycles. The van der Waals surface area contributed by atoms with E-state index in [9.17, 15) is 9.59 Å². The number of hydrogen-bond donors (Lipinski definition) is 0. The van der Waals surface area contributed by atoms with Crippen LogP contribution < -0.4 is 9.47 Å². The number of esters is 2. The molecule has 2 saturated carbocycles. The zero-order chi connectivity index (χ0) is 23.8. The molecule has 3 aliphatic carbocycles. The third kappa shape index (κ3) is 4.34. The molecule has 0 spiro atoms. The summed E-state index contributed by atoms with van der Waals surface area (Å²) >= 11 is 0. The highest BCUT2D eigenvalue weighted by atomic mass is 16.6. The van der Waals surface area contributed by atoms with Gasteiger partial charge in [-0.3, -0.25) is 9.59 Å². The minimum Gasteiger partial charge on any atom is -0.490 e. The lowest BCUT2D eigenvalue weighted by Gasteiger charge is -2.48. The average molecular weight is 458 g/mol. The van der Waals surface area contributed by atoms with Gasteiger partial charge in [-0.15, -0.1) is 0 Å². The van der Waals surface area contributed by atoms with Crippen molar-refractivity contribution >= 4 is 17.7 Å². The highest BCUT2D eigenvalue weighted by molar-refractivity contribution is 6.02. The monoisotopic (exact) mass is 457 g/mol. The Morgan fingerprint density at radius 1 is 1.09 bits per heavy atom. The second kappa shape index (κ2) is 9.35. The molecule has 3 aliphatic rings. The third-order valence-electron chi connectivity index (χ3n) is 7.95. The standard InChI is InChI=1S/C26H35NO6/c1-6-31-23-13-19-17-11-12-26(4)21(8-10-25(26)33-16(3)29)18(17)7-9-22(27-30-5)20(19)14-24(23)32-15(2)28/h13-14,17-18,21,25H,6-12H2,1-5H3/b27-22-/t17?,18?,21?,25-,26-/m0/s1. The van der Waals surface area contributed by atoms with E-state index in [0.717, 1.165) is 49.8 Å². The maximum Gasteiger partial charge on any atom is 0.308 e. The van der Waals surface area contributed by atoms with Crippen molar-refractivity contribution in [1.82, 2.24) is 0 Å². The van der Waals surface area contributed by atoms with Gasteiger partial charge in [-0.25, -0.2) is 0 Å². The average Bonchev–Trinajstić information content (AvgIpc) is 2.99. The summed E-state index contributed by atoms with van der Waals surface area (Å²) < 4.78 is 17.2. The number of carbonyl (C=O) groups is 2. The summed E-state index contributed by atoms with van der Waals surface area (Å²) in [6.07, 6.45) is 5.74. The van der Waals surface area contributed by atoms with Crippen LogP contribution in [0.15, 0.2) is 17.3 Å². The summed E-state index contributed by atoms with van der Waals surface area (Å²) in [6, 6.07) is 3.94. The first-order valence-corrected chi connectivity index (χ1v) is 12.0. The fourth-order valence-corrected chi connectivity index (χ4v) is 6.70. The number of ether oxygens (including phenoxy) is 3. The minimum absolute atomic E-state index is 0.00364. The SMILES string of the molecule is CCOc1cc2c(cc1OC(C)=O)/C(=N\OC)CCC1C2CC[C@@]2(C)C1CC[C@@H]2OC(C)=O. The van der Waals surface area contributed by atoms with Crippen molar-refractivity contribution in [1.29, 1.82) is 0 Å². The quantitative estimate of drug-likeness (QED) is 0.352. The zero-order valence-corrected chi connectivity index (χ0v) is 20.3. The van der Waals surface area contributed by atoms with E-state index in [4.69, 9.17) is 19.0 Å². The maximum absolute atomic E-state index is 11.7. The zero-order valence-electron chi connectivity index (χ0n) is 20.3. The Bertz CT molecular complexity index is 956. The van der Waals surface area contributed by atoms with Crippen LogP contribution in [0.1, 0.15) is 83.3 Å². The highest BCUT2D eigenvalue weighted by Crippen LogP contribution is 2.61. The molecule has 33 heavy (non-hydrogen) atoms. The van der Waals surface area contributed by atoms with Crippen molar-refractivity contribution in [2.24, 2.45) is 22.4 Å². The van der Waals surface area contributed by atoms with Gasteiger partial charge in [0.25, 0.3) is 0 Å². The summed E-state index contributed by atoms with van der Waals surface area (Å²) in [5.74, 6) is 1.68. The molecule has 180 valence electrons. The van der Waals surface area contributed by atoms with Gasteiger partial charge in [-0.2, -0.15) is 0 Å². The predicted molar refractivity (Wildman–Crippen MR) is 124 cm³/mol. The molecule has 0 heterocycles. The number of rotatable bonds is 5. The molecule has 5 atom stereocenters. The summed E-state index contributed by atoms with van der Waals surface area (Å²) in [4.78, 5) is 28.7. The van der Waals surface area contributed by atoms with E-state index in [1.807, 2.05) is 19.1 Å². The van der Waals surface area contributed by atoms with Gasteiger partial charge in [-0.05, 0) is 80.9 Å². The van der Waals surface area contributed by atoms with Crippen LogP contribution in [-0.2, 0) is 19.2 Å². The number of benzene rings is 1. The second-order valence-corrected chi connectivity index (χ2v) is 9.77. The fourth-order valence-electron chi connectivity index (χ4n) is 6.70. The van der Waals surface area contributed by atoms with Crippen LogP contribution in [0, 0.1) is 17.3 Å². The smallest absolute Gasteiger partial charge is 0.308 e. The first-order chi connectivity index (χ1) is 15.8. The Kier molecular flexibility index (Phi) is 6.68. The normalized spacial score (nSPS) is 31.6. The molecule has 0 radical (unpaired) electrons. The highest BCUT2D eigenvalue weighted by Gasteiger charge is 2.56. The van der Waals surface area contributed by atoms with Gasteiger partial charge in [0.2, 0.25) is 0 Å². The molecule has 7 nitrogen and oxygen atoms in total. The first-order valence-electron chi connectivity index (χ1n) is 12.0. The van der Waals surface area contributed by atoms with Crippen LogP contribution in [0.2, 0.25) is 0 Å². The predicted octanol–water partition coefficient (Wildman–Crippen LogP) is 5.00. The second-order valence-electron chi connectivity index (χ2n) is 9.77. The van der Waals surface area contributed by atoms with Crippen LogP contribution in [0.3, 0.4) is 0 Å². The van der Waals surface area contributed by atoms with Crippen LogP contribution in [-0.4, -0.2) is 37.5 Å². The van der Waals surface area contributed by atoms with Gasteiger partial charge in [-0.1, -0.05) is 12.1 Å². The molecule has 2 fully saturated rings. The topological polar surface area (TPSA) is 83.4 Å². The van der Waals surface area contributed by atoms with Gasteiger partial charge in [0.1, 0.15) is 13.2 Å². The van der Waals surface area contributed by atoms with Crippen molar-refractivity contribution in [2.45, 2.75) is 78.2 Å². The van der Waals surface area contributed by atoms with Crippen molar-refractivity contribution in [3.05, 3.63) is 23.3 Å². The van der Waals surface area contributed by atoms with E-state index >= 15 is 0 Å². The van der Waals surface area contributed by atoms with E-state index in [1.54, 1.807) is 7.11 Å². The Morgan fingerprint density at radius 2 is 1.88 bits per heavy atom. The largest absolute Gasteiger partial charge is 0.490 e. The Labute approximate surface area is 195 Å². The van der Waals surface area contributed by atoms with Crippen LogP contribution in [0.5, 0.6) is 11.5 Å². The summed E-state index contributed by atoms with van der Waals surface area (Å²) in [6.45, 7) is 7.60. The third-order valence-corrected chi connectivity index (χ3v) is 7.95. The molecule has 3 unspecified atom stereocenters. The number of fused-ring (bicyclic) bond motifs is 5. The molecular weight excluding hydrogens is 422 g/mol. The van der Waals surface area contributed by atoms with Crippen molar-refractivity contribution in [2.75, 3.05) is 13.7 Å². The molecule has 4 rings (SSSR count). The fraction of sp³-hybridized carbons (Fsp3) is 0.654. The Morgan fingerprint density at radius 3 is 2.55 bits per heavy atom. The van der Waals surface area contributed by atoms with Crippen molar-refractivity contribution in [3.8, 4) is 11.5 Å². The molecule has 1 aromatic carbocycles. The van der Waals surface area contributed by atoms with E-state index in [2.05, 4.69) is 12.1 Å². The molecular formula is C26H35NO6.